The van der Waals surface area contributed by atoms with Gasteiger partial charge >= 0.3 is 0 Å². The molecule has 0 bridgehead atoms. The van der Waals surface area contributed by atoms with Gasteiger partial charge in [-0.3, -0.25) is 4.68 Å². The fraction of sp³-hybridized carbons (Fsp3) is 0.462. The summed E-state index contributed by atoms with van der Waals surface area (Å²) in [5, 5.41) is 6.82. The highest BCUT2D eigenvalue weighted by Crippen LogP contribution is 2.32. The van der Waals surface area contributed by atoms with E-state index in [0.717, 1.165) is 24.6 Å². The van der Waals surface area contributed by atoms with Gasteiger partial charge in [0, 0.05) is 18.3 Å². The van der Waals surface area contributed by atoms with E-state index in [1.54, 1.807) is 11.3 Å². The van der Waals surface area contributed by atoms with E-state index in [1.807, 2.05) is 0 Å². The smallest absolute Gasteiger partial charge is 0.105 e. The average molecular weight is 247 g/mol. The minimum Gasteiger partial charge on any atom is -0.330 e. The number of aromatic nitrogens is 2. The van der Waals surface area contributed by atoms with Crippen LogP contribution in [-0.2, 0) is 13.0 Å². The van der Waals surface area contributed by atoms with Crippen LogP contribution >= 0.6 is 11.3 Å². The molecule has 3 nitrogen and oxygen atoms in total. The Morgan fingerprint density at radius 1 is 1.47 bits per heavy atom. The quantitative estimate of drug-likeness (QED) is 0.882. The predicted molar refractivity (Wildman–Crippen MR) is 71.0 cm³/mol. The Bertz CT molecular complexity index is 483. The number of hydrogen-bond acceptors (Lipinski definition) is 3. The summed E-state index contributed by atoms with van der Waals surface area (Å²) >= 11 is 1.75. The first-order chi connectivity index (χ1) is 8.36. The van der Waals surface area contributed by atoms with Crippen LogP contribution in [0.15, 0.2) is 23.7 Å². The SMILES string of the molecule is NCCc1cn(CC2CC2)nc1-c1cccs1. The largest absolute Gasteiger partial charge is 0.330 e. The molecular formula is C13H17N3S. The molecule has 0 aromatic carbocycles. The second-order valence-electron chi connectivity index (χ2n) is 4.68. The van der Waals surface area contributed by atoms with Crippen molar-refractivity contribution < 1.29 is 0 Å². The van der Waals surface area contributed by atoms with Crippen molar-refractivity contribution >= 4 is 11.3 Å². The molecule has 0 unspecified atom stereocenters. The lowest BCUT2D eigenvalue weighted by Gasteiger charge is -1.96. The van der Waals surface area contributed by atoms with Crippen molar-refractivity contribution in [1.29, 1.82) is 0 Å². The van der Waals surface area contributed by atoms with Gasteiger partial charge < -0.3 is 5.73 Å². The summed E-state index contributed by atoms with van der Waals surface area (Å²) in [6.45, 7) is 1.76. The van der Waals surface area contributed by atoms with Crippen LogP contribution in [0, 0.1) is 5.92 Å². The van der Waals surface area contributed by atoms with Crippen LogP contribution in [0.3, 0.4) is 0 Å². The summed E-state index contributed by atoms with van der Waals surface area (Å²) in [7, 11) is 0. The first-order valence-electron chi connectivity index (χ1n) is 6.17. The van der Waals surface area contributed by atoms with Gasteiger partial charge in [-0.15, -0.1) is 11.3 Å². The van der Waals surface area contributed by atoms with Gasteiger partial charge in [-0.25, -0.2) is 0 Å². The van der Waals surface area contributed by atoms with Gasteiger partial charge in [0.15, 0.2) is 0 Å². The average Bonchev–Trinajstić information content (AvgIpc) is 2.82. The second-order valence-corrected chi connectivity index (χ2v) is 5.63. The Morgan fingerprint density at radius 3 is 3.00 bits per heavy atom. The summed E-state index contributed by atoms with van der Waals surface area (Å²) in [6.07, 6.45) is 5.82. The molecule has 1 aliphatic carbocycles. The van der Waals surface area contributed by atoms with Crippen molar-refractivity contribution in [3.05, 3.63) is 29.3 Å². The lowest BCUT2D eigenvalue weighted by Crippen LogP contribution is -2.02. The van der Waals surface area contributed by atoms with Crippen LogP contribution in [0.4, 0.5) is 0 Å². The molecule has 0 aliphatic heterocycles. The minimum atomic E-state index is 0.688. The molecule has 1 fully saturated rings. The van der Waals surface area contributed by atoms with E-state index in [9.17, 15) is 0 Å². The first-order valence-corrected chi connectivity index (χ1v) is 7.05. The Balaban J connectivity index is 1.90. The maximum Gasteiger partial charge on any atom is 0.105 e. The molecule has 2 aromatic heterocycles. The first kappa shape index (κ1) is 11.0. The van der Waals surface area contributed by atoms with E-state index in [4.69, 9.17) is 10.8 Å². The Hall–Kier alpha value is -1.13. The molecular weight excluding hydrogens is 230 g/mol. The number of hydrogen-bond donors (Lipinski definition) is 1. The number of nitrogens with two attached hydrogens (primary N) is 1. The number of rotatable bonds is 5. The summed E-state index contributed by atoms with van der Waals surface area (Å²) in [6, 6.07) is 4.21. The lowest BCUT2D eigenvalue weighted by atomic mass is 10.1. The van der Waals surface area contributed by atoms with Crippen LogP contribution in [0.2, 0.25) is 0 Å². The van der Waals surface area contributed by atoms with Gasteiger partial charge in [0.1, 0.15) is 5.69 Å². The fourth-order valence-corrected chi connectivity index (χ4v) is 2.82. The zero-order valence-electron chi connectivity index (χ0n) is 9.80. The summed E-state index contributed by atoms with van der Waals surface area (Å²) < 4.78 is 2.11. The highest BCUT2D eigenvalue weighted by Gasteiger charge is 2.23. The second kappa shape index (κ2) is 4.63. The molecule has 0 amide bonds. The molecule has 0 atom stereocenters. The van der Waals surface area contributed by atoms with Gasteiger partial charge in [-0.2, -0.15) is 5.10 Å². The molecule has 17 heavy (non-hydrogen) atoms. The highest BCUT2D eigenvalue weighted by atomic mass is 32.1. The molecule has 2 N–H and O–H groups in total. The minimum absolute atomic E-state index is 0.688. The maximum absolute atomic E-state index is 5.67. The summed E-state index contributed by atoms with van der Waals surface area (Å²) in [5.74, 6) is 0.858. The molecule has 0 spiro atoms. The number of thiophene rings is 1. The van der Waals surface area contributed by atoms with Gasteiger partial charge in [0.25, 0.3) is 0 Å². The monoisotopic (exact) mass is 247 g/mol. The van der Waals surface area contributed by atoms with Crippen molar-refractivity contribution in [2.75, 3.05) is 6.54 Å². The van der Waals surface area contributed by atoms with Crippen molar-refractivity contribution in [2.24, 2.45) is 11.7 Å². The molecule has 90 valence electrons. The normalized spacial score (nSPS) is 15.4. The van der Waals surface area contributed by atoms with Crippen molar-refractivity contribution in [3.63, 3.8) is 0 Å². The standard InChI is InChI=1S/C13H17N3S/c14-6-5-11-9-16(8-10-3-4-10)15-13(11)12-2-1-7-17-12/h1-2,7,9-10H,3-6,8,14H2. The highest BCUT2D eigenvalue weighted by molar-refractivity contribution is 7.13. The Morgan fingerprint density at radius 2 is 2.35 bits per heavy atom. The van der Waals surface area contributed by atoms with E-state index in [0.29, 0.717) is 6.54 Å². The van der Waals surface area contributed by atoms with Crippen molar-refractivity contribution in [3.8, 4) is 10.6 Å². The van der Waals surface area contributed by atoms with E-state index < -0.39 is 0 Å². The van der Waals surface area contributed by atoms with E-state index in [2.05, 4.69) is 28.4 Å². The van der Waals surface area contributed by atoms with Crippen LogP contribution < -0.4 is 5.73 Å². The topological polar surface area (TPSA) is 43.8 Å². The van der Waals surface area contributed by atoms with Crippen molar-refractivity contribution in [1.82, 2.24) is 9.78 Å². The van der Waals surface area contributed by atoms with Gasteiger partial charge in [0.05, 0.1) is 4.88 Å². The summed E-state index contributed by atoms with van der Waals surface area (Å²) in [5.41, 5.74) is 8.09. The van der Waals surface area contributed by atoms with Crippen LogP contribution in [0.1, 0.15) is 18.4 Å². The molecule has 1 aliphatic rings. The molecule has 4 heteroatoms. The fourth-order valence-electron chi connectivity index (χ4n) is 2.08. The summed E-state index contributed by atoms with van der Waals surface area (Å²) in [4.78, 5) is 1.25. The third-order valence-electron chi connectivity index (χ3n) is 3.15. The van der Waals surface area contributed by atoms with Crippen LogP contribution in [0.5, 0.6) is 0 Å². The van der Waals surface area contributed by atoms with Crippen LogP contribution in [0.25, 0.3) is 10.6 Å². The van der Waals surface area contributed by atoms with Gasteiger partial charge in [-0.05, 0) is 43.2 Å². The molecule has 2 aromatic rings. The van der Waals surface area contributed by atoms with Gasteiger partial charge in [-0.1, -0.05) is 6.07 Å². The number of nitrogens with zero attached hydrogens (tertiary/aromatic N) is 2. The zero-order chi connectivity index (χ0) is 11.7. The Labute approximate surface area is 105 Å². The molecule has 0 saturated heterocycles. The van der Waals surface area contributed by atoms with Gasteiger partial charge in [0.2, 0.25) is 0 Å². The van der Waals surface area contributed by atoms with E-state index >= 15 is 0 Å². The molecule has 1 saturated carbocycles. The zero-order valence-corrected chi connectivity index (χ0v) is 10.6. The van der Waals surface area contributed by atoms with Crippen LogP contribution in [-0.4, -0.2) is 16.3 Å². The Kier molecular flexibility index (Phi) is 2.99. The lowest BCUT2D eigenvalue weighted by molar-refractivity contribution is 0.564. The maximum atomic E-state index is 5.67. The third-order valence-corrected chi connectivity index (χ3v) is 4.02. The van der Waals surface area contributed by atoms with E-state index in [-0.39, 0.29) is 0 Å². The molecule has 0 radical (unpaired) electrons. The predicted octanol–water partition coefficient (Wildman–Crippen LogP) is 2.52. The third kappa shape index (κ3) is 2.42. The van der Waals surface area contributed by atoms with E-state index in [1.165, 1.54) is 23.3 Å². The van der Waals surface area contributed by atoms with Crippen molar-refractivity contribution in [2.45, 2.75) is 25.8 Å². The molecule has 3 rings (SSSR count). The molecule has 2 heterocycles.